The zero-order chi connectivity index (χ0) is 27.4. The molecule has 2 heterocycles. The third kappa shape index (κ3) is 7.11. The van der Waals surface area contributed by atoms with Crippen molar-refractivity contribution >= 4 is 60.7 Å². The molecule has 1 amide bonds. The van der Waals surface area contributed by atoms with Crippen molar-refractivity contribution in [3.63, 3.8) is 0 Å². The number of aryl methyl sites for hydroxylation is 2. The largest absolute Gasteiger partial charge is 0.351 e. The zero-order valence-corrected chi connectivity index (χ0v) is 25.0. The van der Waals surface area contributed by atoms with Gasteiger partial charge in [0.15, 0.2) is 5.13 Å². The van der Waals surface area contributed by atoms with Crippen LogP contribution in [0.1, 0.15) is 28.4 Å². The van der Waals surface area contributed by atoms with E-state index in [1.54, 1.807) is 59.9 Å². The molecular formula is C29H34ClN5O3S2. The van der Waals surface area contributed by atoms with Crippen LogP contribution in [-0.4, -0.2) is 63.5 Å². The molecular weight excluding hydrogens is 566 g/mol. The van der Waals surface area contributed by atoms with Gasteiger partial charge in [0.05, 0.1) is 15.1 Å². The number of aromatic nitrogens is 1. The van der Waals surface area contributed by atoms with Gasteiger partial charge in [0, 0.05) is 50.5 Å². The number of fused-ring (bicyclic) bond motifs is 1. The molecule has 212 valence electrons. The summed E-state index contributed by atoms with van der Waals surface area (Å²) >= 11 is 1.76. The van der Waals surface area contributed by atoms with E-state index in [0.717, 1.165) is 55.4 Å². The van der Waals surface area contributed by atoms with E-state index >= 15 is 0 Å². The second-order valence-corrected chi connectivity index (χ2v) is 12.4. The van der Waals surface area contributed by atoms with Crippen LogP contribution in [0.25, 0.3) is 10.2 Å². The van der Waals surface area contributed by atoms with Crippen LogP contribution in [0.3, 0.4) is 0 Å². The first-order valence-corrected chi connectivity index (χ1v) is 15.5. The molecule has 5 rings (SSSR count). The Morgan fingerprint density at radius 2 is 1.68 bits per heavy atom. The van der Waals surface area contributed by atoms with Gasteiger partial charge in [0.25, 0.3) is 15.9 Å². The van der Waals surface area contributed by atoms with Crippen LogP contribution in [0, 0.1) is 6.92 Å². The van der Waals surface area contributed by atoms with E-state index in [4.69, 9.17) is 4.98 Å². The quantitative estimate of drug-likeness (QED) is 0.283. The molecule has 1 fully saturated rings. The van der Waals surface area contributed by atoms with Gasteiger partial charge in [0.2, 0.25) is 0 Å². The molecule has 11 heteroatoms. The molecule has 0 saturated carbocycles. The highest BCUT2D eigenvalue weighted by Crippen LogP contribution is 2.30. The Morgan fingerprint density at radius 3 is 2.35 bits per heavy atom. The third-order valence-electron chi connectivity index (χ3n) is 6.94. The Morgan fingerprint density at radius 1 is 0.975 bits per heavy atom. The maximum Gasteiger partial charge on any atom is 0.261 e. The number of amides is 1. The highest BCUT2D eigenvalue weighted by atomic mass is 35.5. The number of hydrogen-bond donors (Lipinski definition) is 2. The molecule has 0 atom stereocenters. The Kier molecular flexibility index (Phi) is 9.68. The molecule has 8 nitrogen and oxygen atoms in total. The monoisotopic (exact) mass is 599 g/mol. The third-order valence-corrected chi connectivity index (χ3v) is 9.41. The minimum atomic E-state index is -3.68. The second kappa shape index (κ2) is 13.0. The van der Waals surface area contributed by atoms with Crippen molar-refractivity contribution in [3.8, 4) is 0 Å². The highest BCUT2D eigenvalue weighted by molar-refractivity contribution is 7.92. The minimum absolute atomic E-state index is 0. The summed E-state index contributed by atoms with van der Waals surface area (Å²) < 4.78 is 29.0. The first-order chi connectivity index (χ1) is 18.8. The fourth-order valence-corrected chi connectivity index (χ4v) is 6.67. The van der Waals surface area contributed by atoms with Gasteiger partial charge in [-0.2, -0.15) is 0 Å². The van der Waals surface area contributed by atoms with Gasteiger partial charge in [-0.25, -0.2) is 13.4 Å². The summed E-state index contributed by atoms with van der Waals surface area (Å²) in [5.74, 6) is -0.178. The summed E-state index contributed by atoms with van der Waals surface area (Å²) in [6, 6.07) is 19.6. The fourth-order valence-electron chi connectivity index (χ4n) is 4.53. The molecule has 3 aromatic carbocycles. The average Bonchev–Trinajstić information content (AvgIpc) is 3.37. The molecule has 1 saturated heterocycles. The topological polar surface area (TPSA) is 94.6 Å². The van der Waals surface area contributed by atoms with Crippen LogP contribution in [0.5, 0.6) is 0 Å². The number of sulfonamides is 1. The summed E-state index contributed by atoms with van der Waals surface area (Å²) in [6.07, 6.45) is 1.03. The van der Waals surface area contributed by atoms with Gasteiger partial charge in [-0.05, 0) is 67.4 Å². The van der Waals surface area contributed by atoms with Crippen LogP contribution < -0.4 is 14.9 Å². The van der Waals surface area contributed by atoms with Crippen molar-refractivity contribution in [2.45, 2.75) is 25.2 Å². The van der Waals surface area contributed by atoms with E-state index in [1.165, 1.54) is 10.3 Å². The molecule has 0 bridgehead atoms. The summed E-state index contributed by atoms with van der Waals surface area (Å²) in [7, 11) is -3.68. The number of carbonyl (C=O) groups is 1. The SMILES string of the molecule is CCc1ccc2nc(N3CCN(CCNC(=O)c4ccc(NS(=O)(=O)c5ccc(C)cc5)cc4)CC3)sc2c1.Cl. The van der Waals surface area contributed by atoms with Crippen molar-refractivity contribution in [1.29, 1.82) is 0 Å². The normalized spacial score (nSPS) is 14.1. The maximum atomic E-state index is 12.6. The van der Waals surface area contributed by atoms with Crippen LogP contribution in [0.4, 0.5) is 10.8 Å². The van der Waals surface area contributed by atoms with Gasteiger partial charge < -0.3 is 10.2 Å². The average molecular weight is 600 g/mol. The number of benzene rings is 3. The number of rotatable bonds is 9. The summed E-state index contributed by atoms with van der Waals surface area (Å²) in [5, 5.41) is 4.05. The molecule has 1 aliphatic rings. The number of piperazine rings is 1. The van der Waals surface area contributed by atoms with E-state index in [9.17, 15) is 13.2 Å². The molecule has 40 heavy (non-hydrogen) atoms. The van der Waals surface area contributed by atoms with E-state index in [2.05, 4.69) is 45.0 Å². The number of thiazole rings is 1. The van der Waals surface area contributed by atoms with E-state index in [0.29, 0.717) is 17.8 Å². The van der Waals surface area contributed by atoms with Gasteiger partial charge in [0.1, 0.15) is 0 Å². The molecule has 1 aliphatic heterocycles. The Bertz CT molecular complexity index is 1550. The first-order valence-electron chi connectivity index (χ1n) is 13.2. The minimum Gasteiger partial charge on any atom is -0.351 e. The lowest BCUT2D eigenvalue weighted by Crippen LogP contribution is -2.48. The molecule has 0 aliphatic carbocycles. The van der Waals surface area contributed by atoms with E-state index in [-0.39, 0.29) is 23.2 Å². The van der Waals surface area contributed by atoms with Gasteiger partial charge >= 0.3 is 0 Å². The smallest absolute Gasteiger partial charge is 0.261 e. The molecule has 0 radical (unpaired) electrons. The van der Waals surface area contributed by atoms with Gasteiger partial charge in [-0.15, -0.1) is 12.4 Å². The number of hydrogen-bond acceptors (Lipinski definition) is 7. The first kappa shape index (κ1) is 29.8. The van der Waals surface area contributed by atoms with Crippen LogP contribution in [0.2, 0.25) is 0 Å². The van der Waals surface area contributed by atoms with Crippen molar-refractivity contribution < 1.29 is 13.2 Å². The van der Waals surface area contributed by atoms with Crippen molar-refractivity contribution in [1.82, 2.24) is 15.2 Å². The summed E-state index contributed by atoms with van der Waals surface area (Å²) in [5.41, 5.74) is 4.28. The Hall–Kier alpha value is -3.18. The van der Waals surface area contributed by atoms with Gasteiger partial charge in [-0.3, -0.25) is 14.4 Å². The number of halogens is 1. The van der Waals surface area contributed by atoms with E-state index in [1.807, 2.05) is 6.92 Å². The maximum absolute atomic E-state index is 12.6. The Balaban J connectivity index is 0.00000370. The number of nitrogens with zero attached hydrogens (tertiary/aromatic N) is 3. The second-order valence-electron chi connectivity index (χ2n) is 9.73. The molecule has 0 unspecified atom stereocenters. The van der Waals surface area contributed by atoms with Crippen molar-refractivity contribution in [2.24, 2.45) is 0 Å². The van der Waals surface area contributed by atoms with Crippen molar-refractivity contribution in [2.75, 3.05) is 48.9 Å². The zero-order valence-electron chi connectivity index (χ0n) is 22.6. The lowest BCUT2D eigenvalue weighted by Gasteiger charge is -2.34. The molecule has 0 spiro atoms. The predicted octanol–water partition coefficient (Wildman–Crippen LogP) is 4.94. The number of nitrogens with one attached hydrogen (secondary N) is 2. The van der Waals surface area contributed by atoms with E-state index < -0.39 is 10.0 Å². The molecule has 1 aromatic heterocycles. The standard InChI is InChI=1S/C29H33N5O3S2.ClH/c1-3-22-6-13-26-27(20-22)38-29(31-26)34-18-16-33(17-19-34)15-14-30-28(35)23-7-9-24(10-8-23)32-39(36,37)25-11-4-21(2)5-12-25;/h4-13,20,32H,3,14-19H2,1-2H3,(H,30,35);1H. The van der Waals surface area contributed by atoms with Crippen LogP contribution in [0.15, 0.2) is 71.6 Å². The number of carbonyl (C=O) groups excluding carboxylic acids is 1. The highest BCUT2D eigenvalue weighted by Gasteiger charge is 2.20. The fraction of sp³-hybridized carbons (Fsp3) is 0.310. The number of anilines is 2. The van der Waals surface area contributed by atoms with Gasteiger partial charge in [-0.1, -0.05) is 42.0 Å². The van der Waals surface area contributed by atoms with Crippen LogP contribution >= 0.6 is 23.7 Å². The molecule has 2 N–H and O–H groups in total. The predicted molar refractivity (Wildman–Crippen MR) is 166 cm³/mol. The molecule has 4 aromatic rings. The lowest BCUT2D eigenvalue weighted by atomic mass is 10.2. The summed E-state index contributed by atoms with van der Waals surface area (Å²) in [4.78, 5) is 22.3. The summed E-state index contributed by atoms with van der Waals surface area (Å²) in [6.45, 7) is 9.04. The Labute approximate surface area is 245 Å². The lowest BCUT2D eigenvalue weighted by molar-refractivity contribution is 0.0948. The van der Waals surface area contributed by atoms with Crippen LogP contribution in [-0.2, 0) is 16.4 Å². The van der Waals surface area contributed by atoms with Crippen molar-refractivity contribution in [3.05, 3.63) is 83.4 Å².